The fourth-order valence-corrected chi connectivity index (χ4v) is 10.4. The topological polar surface area (TPSA) is 25.3 Å². The predicted octanol–water partition coefficient (Wildman–Crippen LogP) is 23.2. The zero-order chi connectivity index (χ0) is 51.6. The van der Waals surface area contributed by atoms with E-state index in [-0.39, 0.29) is 16.5 Å². The van der Waals surface area contributed by atoms with Crippen molar-refractivity contribution >= 4 is 11.4 Å². The zero-order valence-electron chi connectivity index (χ0n) is 49.2. The van der Waals surface area contributed by atoms with Crippen LogP contribution in [0, 0.1) is 13.8 Å². The molecule has 1 heterocycles. The Hall–Kier alpha value is -1.99. The number of hydrogen-bond donors (Lipinski definition) is 0. The van der Waals surface area contributed by atoms with E-state index in [0.717, 1.165) is 88.4 Å². The number of benzene rings is 2. The van der Waals surface area contributed by atoms with Gasteiger partial charge in [0.15, 0.2) is 0 Å². The minimum atomic E-state index is 0. The van der Waals surface area contributed by atoms with E-state index in [1.165, 1.54) is 202 Å². The van der Waals surface area contributed by atoms with Crippen LogP contribution in [0.3, 0.4) is 0 Å². The molecule has 0 atom stereocenters. The van der Waals surface area contributed by atoms with Crippen LogP contribution >= 0.6 is 0 Å². The summed E-state index contributed by atoms with van der Waals surface area (Å²) in [4.78, 5) is 0. The van der Waals surface area contributed by atoms with E-state index in [2.05, 4.69) is 107 Å². The Morgan fingerprint density at radius 2 is 0.549 bits per heavy atom. The minimum absolute atomic E-state index is 0. The van der Waals surface area contributed by atoms with Gasteiger partial charge in [-0.15, -0.1) is 0 Å². The molecule has 0 fully saturated rings. The summed E-state index contributed by atoms with van der Waals surface area (Å²) in [5.74, 6) is 0. The van der Waals surface area contributed by atoms with Crippen molar-refractivity contribution < 1.29 is 21.2 Å². The quantitative estimate of drug-likeness (QED) is 0.0275. The largest absolute Gasteiger partial charge is 2.00 e. The molecule has 0 bridgehead atoms. The van der Waals surface area contributed by atoms with Gasteiger partial charge in [0.1, 0.15) is 0 Å². The van der Waals surface area contributed by atoms with Gasteiger partial charge in [-0.2, -0.15) is 12.8 Å². The van der Waals surface area contributed by atoms with Crippen LogP contribution in [-0.4, -0.2) is 4.70 Å². The van der Waals surface area contributed by atoms with E-state index in [0.29, 0.717) is 0 Å². The molecule has 71 heavy (non-hydrogen) atoms. The van der Waals surface area contributed by atoms with Gasteiger partial charge in [0.05, 0.1) is 0 Å². The average molecular weight is 1020 g/mol. The van der Waals surface area contributed by atoms with Gasteiger partial charge >= 0.3 is 16.5 Å². The Labute approximate surface area is 455 Å². The number of rotatable bonds is 40. The SMILES string of the molecule is CCCCCCc1cc(C2=C(CCCC)C(CCCC)=C(c3cc(CCCC)c(CCCC)c(CCCC)c3)[N+]2=[N-])cc(CCCCCC)c1CCCCCC.[CH2-]CCCCCC.[CH2-]CCCCCC.[Ni+2]. The van der Waals surface area contributed by atoms with Crippen molar-refractivity contribution in [1.82, 2.24) is 0 Å². The molecule has 0 saturated carbocycles. The summed E-state index contributed by atoms with van der Waals surface area (Å²) in [6.45, 7) is 30.6. The third-order valence-electron chi connectivity index (χ3n) is 14.8. The van der Waals surface area contributed by atoms with Crippen molar-refractivity contribution in [2.24, 2.45) is 0 Å². The summed E-state index contributed by atoms with van der Waals surface area (Å²) in [7, 11) is 0. The fourth-order valence-electron chi connectivity index (χ4n) is 10.4. The fraction of sp³-hybridized carbons (Fsp3) is 0.735. The van der Waals surface area contributed by atoms with Crippen LogP contribution in [0.2, 0.25) is 0 Å². The van der Waals surface area contributed by atoms with Gasteiger partial charge in [-0.1, -0.05) is 210 Å². The predicted molar refractivity (Wildman–Crippen MR) is 317 cm³/mol. The second-order valence-electron chi connectivity index (χ2n) is 21.3. The molecule has 410 valence electrons. The van der Waals surface area contributed by atoms with Crippen molar-refractivity contribution in [2.45, 2.75) is 326 Å². The molecule has 3 heteroatoms. The third-order valence-corrected chi connectivity index (χ3v) is 14.8. The van der Waals surface area contributed by atoms with E-state index in [4.69, 9.17) is 0 Å². The molecule has 0 saturated heterocycles. The molecule has 1 aliphatic rings. The average Bonchev–Trinajstić information content (AvgIpc) is 3.65. The van der Waals surface area contributed by atoms with Crippen LogP contribution in [-0.2, 0) is 55.0 Å². The summed E-state index contributed by atoms with van der Waals surface area (Å²) in [5, 5.41) is 0. The summed E-state index contributed by atoms with van der Waals surface area (Å²) in [6.07, 6.45) is 49.6. The summed E-state index contributed by atoms with van der Waals surface area (Å²) < 4.78 is 1.72. The monoisotopic (exact) mass is 1020 g/mol. The molecular formula is C68H118N2Ni. The van der Waals surface area contributed by atoms with Crippen molar-refractivity contribution in [3.63, 3.8) is 0 Å². The molecule has 0 unspecified atom stereocenters. The standard InChI is InChI=1S/C54H88N2.2C7H15.Ni/c1-9-17-25-28-33-45-41-48(42-46(34-29-26-18-10-2)50(45)38-30-27-19-11-3)54-52(37-24-16-8)51(36-23-15-7)53(56(54)55)47-39-43(31-20-12-4)49(35-22-14-6)44(40-47)32-21-13-5;2*1-3-5-7-6-4-2;/h39-42H,9-38H2,1-8H3;2*1,3-7H2,2H3;/q;2*-1;+2. The van der Waals surface area contributed by atoms with E-state index in [1.54, 1.807) is 38.1 Å². The van der Waals surface area contributed by atoms with Gasteiger partial charge in [0.2, 0.25) is 11.4 Å². The van der Waals surface area contributed by atoms with Crippen LogP contribution in [0.5, 0.6) is 0 Å². The van der Waals surface area contributed by atoms with Crippen molar-refractivity contribution in [2.75, 3.05) is 0 Å². The second-order valence-corrected chi connectivity index (χ2v) is 21.3. The number of aryl methyl sites for hydroxylation is 4. The molecule has 2 nitrogen and oxygen atoms in total. The van der Waals surface area contributed by atoms with Crippen LogP contribution in [0.25, 0.3) is 16.9 Å². The first-order valence-electron chi connectivity index (χ1n) is 31.1. The Kier molecular flexibility index (Phi) is 45.2. The molecule has 2 aromatic rings. The number of hydrogen-bond acceptors (Lipinski definition) is 0. The van der Waals surface area contributed by atoms with Gasteiger partial charge < -0.3 is 19.4 Å². The Morgan fingerprint density at radius 1 is 0.310 bits per heavy atom. The van der Waals surface area contributed by atoms with Gasteiger partial charge in [-0.25, -0.2) is 4.70 Å². The first-order valence-corrected chi connectivity index (χ1v) is 31.1. The summed E-state index contributed by atoms with van der Waals surface area (Å²) in [6, 6.07) is 10.2. The molecule has 0 aliphatic carbocycles. The van der Waals surface area contributed by atoms with E-state index in [1.807, 2.05) is 0 Å². The number of unbranched alkanes of at least 4 members (excludes halogenated alkanes) is 22. The Balaban J connectivity index is 0.00000284. The van der Waals surface area contributed by atoms with E-state index < -0.39 is 0 Å². The first kappa shape index (κ1) is 69.0. The molecule has 0 aromatic heterocycles. The van der Waals surface area contributed by atoms with E-state index >= 15 is 0 Å². The second kappa shape index (κ2) is 46.5. The normalized spacial score (nSPS) is 12.3. The smallest absolute Gasteiger partial charge is 0.493 e. The van der Waals surface area contributed by atoms with Crippen LogP contribution in [0.4, 0.5) is 0 Å². The summed E-state index contributed by atoms with van der Waals surface area (Å²) in [5.41, 5.74) is 30.0. The molecule has 0 amide bonds. The first-order chi connectivity index (χ1) is 34.3. The van der Waals surface area contributed by atoms with Crippen molar-refractivity contribution in [1.29, 1.82) is 0 Å². The molecule has 0 radical (unpaired) electrons. The van der Waals surface area contributed by atoms with Crippen molar-refractivity contribution in [3.8, 4) is 0 Å². The Morgan fingerprint density at radius 3 is 0.845 bits per heavy atom. The molecule has 2 aromatic carbocycles. The molecular weight excluding hydrogens is 903 g/mol. The summed E-state index contributed by atoms with van der Waals surface area (Å²) >= 11 is 0. The van der Waals surface area contributed by atoms with Gasteiger partial charge in [-0.3, -0.25) is 0 Å². The molecule has 0 N–H and O–H groups in total. The zero-order valence-corrected chi connectivity index (χ0v) is 50.2. The van der Waals surface area contributed by atoms with Crippen LogP contribution in [0.15, 0.2) is 35.4 Å². The Bertz CT molecular complexity index is 1600. The molecule has 0 spiro atoms. The number of allylic oxidation sites excluding steroid dienone is 2. The van der Waals surface area contributed by atoms with Gasteiger partial charge in [0, 0.05) is 22.3 Å². The van der Waals surface area contributed by atoms with E-state index in [9.17, 15) is 5.53 Å². The molecule has 3 rings (SSSR count). The third kappa shape index (κ3) is 27.4. The van der Waals surface area contributed by atoms with Crippen LogP contribution in [0.1, 0.15) is 332 Å². The maximum atomic E-state index is 12.9. The van der Waals surface area contributed by atoms with Crippen LogP contribution < -0.4 is 0 Å². The number of nitrogens with zero attached hydrogens (tertiary/aromatic N) is 2. The minimum Gasteiger partial charge on any atom is -0.493 e. The van der Waals surface area contributed by atoms with Crippen molar-refractivity contribution in [3.05, 3.63) is 99.3 Å². The van der Waals surface area contributed by atoms with Gasteiger partial charge in [0.25, 0.3) is 0 Å². The molecule has 1 aliphatic heterocycles. The maximum absolute atomic E-state index is 12.9. The van der Waals surface area contributed by atoms with Gasteiger partial charge in [-0.05, 0) is 160 Å². The maximum Gasteiger partial charge on any atom is 2.00 e.